The van der Waals surface area contributed by atoms with Crippen molar-refractivity contribution >= 4 is 21.8 Å². The molecule has 2 atom stereocenters. The number of ether oxygens (including phenoxy) is 1. The van der Waals surface area contributed by atoms with Gasteiger partial charge in [0.1, 0.15) is 0 Å². The third-order valence-electron chi connectivity index (χ3n) is 4.29. The molecule has 0 bridgehead atoms. The van der Waals surface area contributed by atoms with E-state index in [9.17, 15) is 4.79 Å². The van der Waals surface area contributed by atoms with Gasteiger partial charge in [-0.3, -0.25) is 9.48 Å². The van der Waals surface area contributed by atoms with Crippen LogP contribution in [-0.2, 0) is 16.1 Å². The molecule has 1 aliphatic rings. The SMILES string of the molecule is CC(C)n1cc([C@@H]2OCC[C@H]2C(=O)NCc2ccc(Br)cc2)cn1. The van der Waals surface area contributed by atoms with Gasteiger partial charge in [0.15, 0.2) is 0 Å². The van der Waals surface area contributed by atoms with Gasteiger partial charge < -0.3 is 10.1 Å². The second kappa shape index (κ2) is 7.49. The number of benzene rings is 1. The summed E-state index contributed by atoms with van der Waals surface area (Å²) < 4.78 is 8.74. The van der Waals surface area contributed by atoms with E-state index < -0.39 is 0 Å². The molecule has 6 heteroatoms. The highest BCUT2D eigenvalue weighted by Crippen LogP contribution is 2.34. The van der Waals surface area contributed by atoms with Crippen molar-refractivity contribution in [2.45, 2.75) is 39.0 Å². The van der Waals surface area contributed by atoms with Crippen LogP contribution in [0.1, 0.15) is 43.5 Å². The second-order valence-corrected chi connectivity index (χ2v) is 7.29. The van der Waals surface area contributed by atoms with Crippen LogP contribution in [0, 0.1) is 5.92 Å². The largest absolute Gasteiger partial charge is 0.373 e. The average molecular weight is 392 g/mol. The van der Waals surface area contributed by atoms with Crippen LogP contribution in [0.3, 0.4) is 0 Å². The summed E-state index contributed by atoms with van der Waals surface area (Å²) in [6.45, 7) is 5.29. The highest BCUT2D eigenvalue weighted by molar-refractivity contribution is 9.10. The number of carbonyl (C=O) groups is 1. The number of nitrogens with zero attached hydrogens (tertiary/aromatic N) is 2. The van der Waals surface area contributed by atoms with E-state index in [0.717, 1.165) is 22.0 Å². The van der Waals surface area contributed by atoms with Gasteiger partial charge in [0.2, 0.25) is 5.91 Å². The third kappa shape index (κ3) is 3.87. The summed E-state index contributed by atoms with van der Waals surface area (Å²) in [6, 6.07) is 8.25. The van der Waals surface area contributed by atoms with Crippen LogP contribution >= 0.6 is 15.9 Å². The third-order valence-corrected chi connectivity index (χ3v) is 4.82. The van der Waals surface area contributed by atoms with E-state index in [4.69, 9.17) is 4.74 Å². The van der Waals surface area contributed by atoms with Crippen molar-refractivity contribution in [3.8, 4) is 0 Å². The first-order valence-electron chi connectivity index (χ1n) is 8.22. The van der Waals surface area contributed by atoms with Crippen LogP contribution in [0.15, 0.2) is 41.1 Å². The van der Waals surface area contributed by atoms with Crippen LogP contribution in [-0.4, -0.2) is 22.3 Å². The molecule has 1 aromatic heterocycles. The average Bonchev–Trinajstić information content (AvgIpc) is 3.22. The monoisotopic (exact) mass is 391 g/mol. The molecular formula is C18H22BrN3O2. The maximum atomic E-state index is 12.6. The lowest BCUT2D eigenvalue weighted by Crippen LogP contribution is -2.31. The Labute approximate surface area is 150 Å². The van der Waals surface area contributed by atoms with E-state index in [1.165, 1.54) is 0 Å². The quantitative estimate of drug-likeness (QED) is 0.846. The zero-order chi connectivity index (χ0) is 17.1. The number of nitrogens with one attached hydrogen (secondary N) is 1. The molecule has 0 spiro atoms. The molecule has 128 valence electrons. The number of aromatic nitrogens is 2. The van der Waals surface area contributed by atoms with Gasteiger partial charge in [-0.15, -0.1) is 0 Å². The van der Waals surface area contributed by atoms with Crippen molar-refractivity contribution in [3.05, 3.63) is 52.3 Å². The standard InChI is InChI=1S/C18H22BrN3O2/c1-12(2)22-11-14(10-21-22)17-16(7-8-24-17)18(23)20-9-13-3-5-15(19)6-4-13/h3-6,10-12,16-17H,7-9H2,1-2H3,(H,20,23)/t16-,17+/m1/s1. The molecule has 1 aliphatic heterocycles. The molecule has 0 saturated carbocycles. The second-order valence-electron chi connectivity index (χ2n) is 6.38. The number of hydrogen-bond acceptors (Lipinski definition) is 3. The van der Waals surface area contributed by atoms with Crippen LogP contribution in [0.5, 0.6) is 0 Å². The molecule has 1 fully saturated rings. The number of hydrogen-bond donors (Lipinski definition) is 1. The maximum Gasteiger partial charge on any atom is 0.226 e. The Bertz CT molecular complexity index is 697. The summed E-state index contributed by atoms with van der Waals surface area (Å²) in [7, 11) is 0. The molecule has 1 saturated heterocycles. The maximum absolute atomic E-state index is 12.6. The van der Waals surface area contributed by atoms with E-state index in [2.05, 4.69) is 40.2 Å². The summed E-state index contributed by atoms with van der Waals surface area (Å²) in [5.41, 5.74) is 2.06. The molecule has 1 N–H and O–H groups in total. The topological polar surface area (TPSA) is 56.1 Å². The van der Waals surface area contributed by atoms with E-state index in [-0.39, 0.29) is 17.9 Å². The Morgan fingerprint density at radius 3 is 2.83 bits per heavy atom. The molecule has 0 aliphatic carbocycles. The number of halogens is 1. The lowest BCUT2D eigenvalue weighted by Gasteiger charge is -2.17. The normalized spacial score (nSPS) is 20.5. The summed E-state index contributed by atoms with van der Waals surface area (Å²) in [6.07, 6.45) is 4.33. The van der Waals surface area contributed by atoms with Gasteiger partial charge >= 0.3 is 0 Å². The van der Waals surface area contributed by atoms with E-state index in [0.29, 0.717) is 19.2 Å². The molecule has 3 rings (SSSR count). The number of rotatable bonds is 5. The first-order valence-corrected chi connectivity index (χ1v) is 9.01. The molecule has 1 amide bonds. The molecule has 0 unspecified atom stereocenters. The molecule has 1 aromatic carbocycles. The number of amides is 1. The first kappa shape index (κ1) is 17.2. The van der Waals surface area contributed by atoms with Gasteiger partial charge in [0.25, 0.3) is 0 Å². The van der Waals surface area contributed by atoms with Gasteiger partial charge in [-0.25, -0.2) is 0 Å². The van der Waals surface area contributed by atoms with Crippen molar-refractivity contribution < 1.29 is 9.53 Å². The van der Waals surface area contributed by atoms with Crippen LogP contribution in [0.25, 0.3) is 0 Å². The van der Waals surface area contributed by atoms with E-state index in [1.807, 2.05) is 41.3 Å². The van der Waals surface area contributed by atoms with Crippen LogP contribution in [0.4, 0.5) is 0 Å². The highest BCUT2D eigenvalue weighted by Gasteiger charge is 2.35. The van der Waals surface area contributed by atoms with E-state index in [1.54, 1.807) is 0 Å². The van der Waals surface area contributed by atoms with Gasteiger partial charge in [-0.05, 0) is 38.0 Å². The van der Waals surface area contributed by atoms with Gasteiger partial charge in [-0.2, -0.15) is 5.10 Å². The number of carbonyl (C=O) groups excluding carboxylic acids is 1. The Balaban J connectivity index is 1.63. The summed E-state index contributed by atoms with van der Waals surface area (Å²) in [5.74, 6) is -0.122. The van der Waals surface area contributed by atoms with E-state index >= 15 is 0 Å². The summed E-state index contributed by atoms with van der Waals surface area (Å²) >= 11 is 3.41. The fraction of sp³-hybridized carbons (Fsp3) is 0.444. The zero-order valence-corrected chi connectivity index (χ0v) is 15.5. The lowest BCUT2D eigenvalue weighted by molar-refractivity contribution is -0.126. The van der Waals surface area contributed by atoms with Crippen molar-refractivity contribution in [3.63, 3.8) is 0 Å². The van der Waals surface area contributed by atoms with Crippen molar-refractivity contribution in [2.24, 2.45) is 5.92 Å². The van der Waals surface area contributed by atoms with Crippen molar-refractivity contribution in [1.29, 1.82) is 0 Å². The summed E-state index contributed by atoms with van der Waals surface area (Å²) in [5, 5.41) is 7.38. The molecule has 2 aromatic rings. The molecule has 24 heavy (non-hydrogen) atoms. The van der Waals surface area contributed by atoms with Gasteiger partial charge in [-0.1, -0.05) is 28.1 Å². The predicted octanol–water partition coefficient (Wildman–Crippen LogP) is 3.62. The zero-order valence-electron chi connectivity index (χ0n) is 13.9. The minimum absolute atomic E-state index is 0.0396. The fourth-order valence-electron chi connectivity index (χ4n) is 2.89. The molecule has 5 nitrogen and oxygen atoms in total. The van der Waals surface area contributed by atoms with Crippen molar-refractivity contribution in [1.82, 2.24) is 15.1 Å². The minimum Gasteiger partial charge on any atom is -0.373 e. The van der Waals surface area contributed by atoms with Crippen molar-refractivity contribution in [2.75, 3.05) is 6.61 Å². The smallest absolute Gasteiger partial charge is 0.226 e. The van der Waals surface area contributed by atoms with Gasteiger partial charge in [0, 0.05) is 35.4 Å². The summed E-state index contributed by atoms with van der Waals surface area (Å²) in [4.78, 5) is 12.6. The highest BCUT2D eigenvalue weighted by atomic mass is 79.9. The lowest BCUT2D eigenvalue weighted by atomic mass is 9.96. The van der Waals surface area contributed by atoms with Crippen LogP contribution in [0.2, 0.25) is 0 Å². The Morgan fingerprint density at radius 1 is 1.42 bits per heavy atom. The van der Waals surface area contributed by atoms with Crippen LogP contribution < -0.4 is 5.32 Å². The Kier molecular flexibility index (Phi) is 5.36. The minimum atomic E-state index is -0.206. The Hall–Kier alpha value is -1.66. The fourth-order valence-corrected chi connectivity index (χ4v) is 3.16. The van der Waals surface area contributed by atoms with Gasteiger partial charge in [0.05, 0.1) is 18.2 Å². The molecular weight excluding hydrogens is 370 g/mol. The predicted molar refractivity (Wildman–Crippen MR) is 95.4 cm³/mol. The molecule has 2 heterocycles. The Morgan fingerprint density at radius 2 is 2.17 bits per heavy atom. The molecule has 0 radical (unpaired) electrons. The first-order chi connectivity index (χ1) is 11.5.